The molecule has 0 bridgehead atoms. The Hall–Kier alpha value is -2.13. The van der Waals surface area contributed by atoms with Crippen LogP contribution in [0.3, 0.4) is 0 Å². The van der Waals surface area contributed by atoms with Gasteiger partial charge in [-0.25, -0.2) is 19.3 Å². The summed E-state index contributed by atoms with van der Waals surface area (Å²) in [6.07, 6.45) is 3.59. The largest absolute Gasteiger partial charge is 0.388 e. The molecule has 0 aromatic carbocycles. The molecule has 0 radical (unpaired) electrons. The van der Waals surface area contributed by atoms with E-state index in [1.54, 1.807) is 18.2 Å². The van der Waals surface area contributed by atoms with Crippen LogP contribution in [0.4, 0.5) is 5.82 Å². The molecular weight excluding hydrogens is 427 g/mol. The van der Waals surface area contributed by atoms with Crippen molar-refractivity contribution < 1.29 is 5.11 Å². The maximum Gasteiger partial charge on any atom is 0.333 e. The summed E-state index contributed by atoms with van der Waals surface area (Å²) in [6, 6.07) is 5.02. The van der Waals surface area contributed by atoms with Crippen molar-refractivity contribution in [3.05, 3.63) is 44.9 Å². The van der Waals surface area contributed by atoms with Crippen molar-refractivity contribution >= 4 is 40.2 Å². The summed E-state index contributed by atoms with van der Waals surface area (Å²) in [5.41, 5.74) is -0.150. The molecule has 1 aliphatic carbocycles. The first-order chi connectivity index (χ1) is 14.3. The van der Waals surface area contributed by atoms with E-state index in [-0.39, 0.29) is 11.7 Å². The lowest BCUT2D eigenvalue weighted by Crippen LogP contribution is -2.61. The lowest BCUT2D eigenvalue weighted by molar-refractivity contribution is -0.00278. The fourth-order valence-corrected chi connectivity index (χ4v) is 4.62. The minimum absolute atomic E-state index is 0.0842. The van der Waals surface area contributed by atoms with Crippen molar-refractivity contribution in [2.24, 2.45) is 5.92 Å². The number of nitrogens with one attached hydrogen (secondary N) is 2. The molecule has 3 aromatic heterocycles. The van der Waals surface area contributed by atoms with Crippen molar-refractivity contribution in [2.45, 2.75) is 31.4 Å². The number of hydrogen-bond donors (Lipinski definition) is 3. The van der Waals surface area contributed by atoms with Crippen LogP contribution in [0, 0.1) is 5.92 Å². The average Bonchev–Trinajstić information content (AvgIpc) is 3.53. The smallest absolute Gasteiger partial charge is 0.333 e. The summed E-state index contributed by atoms with van der Waals surface area (Å²) in [5, 5.41) is 15.3. The van der Waals surface area contributed by atoms with E-state index in [0.717, 1.165) is 12.8 Å². The molecule has 0 spiro atoms. The first-order valence-electron chi connectivity index (χ1n) is 9.98. The van der Waals surface area contributed by atoms with Crippen molar-refractivity contribution in [2.75, 3.05) is 24.5 Å². The third-order valence-corrected chi connectivity index (χ3v) is 6.63. The zero-order chi connectivity index (χ0) is 21.0. The molecule has 4 heterocycles. The maximum atomic E-state index is 12.6. The highest BCUT2D eigenvalue weighted by atomic mass is 35.5. The van der Waals surface area contributed by atoms with Gasteiger partial charge in [0.1, 0.15) is 11.6 Å². The van der Waals surface area contributed by atoms with E-state index < -0.39 is 5.60 Å². The van der Waals surface area contributed by atoms with Gasteiger partial charge in [0.15, 0.2) is 5.65 Å². The predicted octanol–water partition coefficient (Wildman–Crippen LogP) is 2.35. The molecule has 2 aliphatic rings. The number of H-pyrrole nitrogens is 1. The molecule has 2 unspecified atom stereocenters. The highest BCUT2D eigenvalue weighted by Gasteiger charge is 2.46. The zero-order valence-electron chi connectivity index (χ0n) is 16.4. The summed E-state index contributed by atoms with van der Waals surface area (Å²) in [7, 11) is 0. The normalized spacial score (nSPS) is 21.7. The molecule has 1 saturated carbocycles. The topological polar surface area (TPSA) is 99.1 Å². The van der Waals surface area contributed by atoms with Crippen LogP contribution in [0.5, 0.6) is 0 Å². The van der Waals surface area contributed by atoms with Gasteiger partial charge in [-0.05, 0) is 43.9 Å². The van der Waals surface area contributed by atoms with E-state index in [9.17, 15) is 9.90 Å². The van der Waals surface area contributed by atoms with Crippen LogP contribution < -0.4 is 15.9 Å². The van der Waals surface area contributed by atoms with Gasteiger partial charge in [-0.1, -0.05) is 23.2 Å². The Labute approximate surface area is 182 Å². The average molecular weight is 449 g/mol. The molecule has 8 nitrogen and oxygen atoms in total. The second-order valence-electron chi connectivity index (χ2n) is 8.21. The van der Waals surface area contributed by atoms with Crippen LogP contribution in [-0.2, 0) is 0 Å². The van der Waals surface area contributed by atoms with E-state index in [1.807, 2.05) is 6.92 Å². The molecule has 2 fully saturated rings. The van der Waals surface area contributed by atoms with E-state index in [1.165, 1.54) is 10.8 Å². The zero-order valence-corrected chi connectivity index (χ0v) is 17.9. The van der Waals surface area contributed by atoms with Crippen molar-refractivity contribution in [1.82, 2.24) is 24.8 Å². The number of fused-ring (bicyclic) bond motifs is 1. The number of anilines is 1. The molecular formula is C20H22Cl2N6O2. The van der Waals surface area contributed by atoms with Crippen LogP contribution >= 0.6 is 23.2 Å². The molecule has 2 atom stereocenters. The summed E-state index contributed by atoms with van der Waals surface area (Å²) >= 11 is 12.6. The number of pyridine rings is 2. The number of piperazine rings is 1. The molecule has 3 aromatic rings. The lowest BCUT2D eigenvalue weighted by Gasteiger charge is -2.42. The van der Waals surface area contributed by atoms with E-state index in [0.29, 0.717) is 58.4 Å². The number of imidazole rings is 1. The Morgan fingerprint density at radius 2 is 2.10 bits per heavy atom. The summed E-state index contributed by atoms with van der Waals surface area (Å²) in [6.45, 7) is 3.89. The monoisotopic (exact) mass is 448 g/mol. The molecule has 0 amide bonds. The molecule has 158 valence electrons. The van der Waals surface area contributed by atoms with E-state index >= 15 is 0 Å². The Kier molecular flexibility index (Phi) is 4.77. The van der Waals surface area contributed by atoms with Gasteiger partial charge in [-0.15, -0.1) is 0 Å². The Balaban J connectivity index is 1.52. The summed E-state index contributed by atoms with van der Waals surface area (Å²) in [5.74, 6) is 1.34. The standard InChI is InChI=1S/C20H22Cl2N6O2/c1-20(30,11-2-3-11)15-10-27(7-6-23-15)18-13(22)4-5-16(25-18)28-14-8-12(21)9-24-17(14)26-19(28)29/h4-5,8-9,11,15,23,30H,2-3,6-7,10H2,1H3,(H,24,26,29). The quantitative estimate of drug-likeness (QED) is 0.566. The van der Waals surface area contributed by atoms with Gasteiger partial charge in [-0.2, -0.15) is 0 Å². The van der Waals surface area contributed by atoms with Crippen LogP contribution in [-0.4, -0.2) is 55.9 Å². The predicted molar refractivity (Wildman–Crippen MR) is 117 cm³/mol. The summed E-state index contributed by atoms with van der Waals surface area (Å²) in [4.78, 5) is 26.2. The second kappa shape index (κ2) is 7.23. The van der Waals surface area contributed by atoms with Gasteiger partial charge >= 0.3 is 5.69 Å². The maximum absolute atomic E-state index is 12.6. The number of aromatic nitrogens is 4. The third-order valence-electron chi connectivity index (χ3n) is 6.13. The van der Waals surface area contributed by atoms with Crippen LogP contribution in [0.15, 0.2) is 29.2 Å². The van der Waals surface area contributed by atoms with Crippen LogP contribution in [0.2, 0.25) is 10.0 Å². The molecule has 1 aliphatic heterocycles. The highest BCUT2D eigenvalue weighted by molar-refractivity contribution is 6.33. The highest BCUT2D eigenvalue weighted by Crippen LogP contribution is 2.42. The fourth-order valence-electron chi connectivity index (χ4n) is 4.24. The molecule has 10 heteroatoms. The fraction of sp³-hybridized carbons (Fsp3) is 0.450. The van der Waals surface area contributed by atoms with Crippen LogP contribution in [0.25, 0.3) is 17.0 Å². The van der Waals surface area contributed by atoms with Gasteiger partial charge in [-0.3, -0.25) is 4.98 Å². The molecule has 5 rings (SSSR count). The van der Waals surface area contributed by atoms with E-state index in [2.05, 4.69) is 20.2 Å². The molecule has 3 N–H and O–H groups in total. The first-order valence-corrected chi connectivity index (χ1v) is 10.7. The summed E-state index contributed by atoms with van der Waals surface area (Å²) < 4.78 is 1.44. The number of hydrogen-bond acceptors (Lipinski definition) is 6. The van der Waals surface area contributed by atoms with Crippen molar-refractivity contribution in [3.8, 4) is 5.82 Å². The van der Waals surface area contributed by atoms with Crippen molar-refractivity contribution in [3.63, 3.8) is 0 Å². The second-order valence-corrected chi connectivity index (χ2v) is 9.06. The Bertz CT molecular complexity index is 1170. The Morgan fingerprint density at radius 1 is 1.30 bits per heavy atom. The van der Waals surface area contributed by atoms with Gasteiger partial charge in [0.2, 0.25) is 0 Å². The minimum atomic E-state index is -0.779. The first kappa shape index (κ1) is 19.8. The number of rotatable bonds is 4. The lowest BCUT2D eigenvalue weighted by atomic mass is 9.89. The van der Waals surface area contributed by atoms with Gasteiger partial charge in [0, 0.05) is 25.8 Å². The number of nitrogens with zero attached hydrogens (tertiary/aromatic N) is 4. The minimum Gasteiger partial charge on any atom is -0.388 e. The van der Waals surface area contributed by atoms with Crippen molar-refractivity contribution in [1.29, 1.82) is 0 Å². The number of aliphatic hydroxyl groups is 1. The van der Waals surface area contributed by atoms with Crippen LogP contribution in [0.1, 0.15) is 19.8 Å². The third kappa shape index (κ3) is 3.37. The Morgan fingerprint density at radius 3 is 2.87 bits per heavy atom. The van der Waals surface area contributed by atoms with Gasteiger partial charge in [0.25, 0.3) is 0 Å². The number of aromatic amines is 1. The molecule has 1 saturated heterocycles. The van der Waals surface area contributed by atoms with Gasteiger partial charge in [0.05, 0.1) is 27.2 Å². The van der Waals surface area contributed by atoms with E-state index in [4.69, 9.17) is 28.2 Å². The number of halogens is 2. The van der Waals surface area contributed by atoms with Gasteiger partial charge < -0.3 is 15.3 Å². The molecule has 30 heavy (non-hydrogen) atoms. The SMILES string of the molecule is CC(O)(C1CC1)C1CN(c2nc(-n3c(=O)[nH]c4ncc(Cl)cc43)ccc2Cl)CCN1.